The van der Waals surface area contributed by atoms with Crippen LogP contribution in [0.4, 0.5) is 5.69 Å². The van der Waals surface area contributed by atoms with Crippen LogP contribution in [0.3, 0.4) is 0 Å². The lowest BCUT2D eigenvalue weighted by Crippen LogP contribution is -2.55. The van der Waals surface area contributed by atoms with Crippen LogP contribution in [-0.4, -0.2) is 46.1 Å². The molecule has 1 unspecified atom stereocenters. The van der Waals surface area contributed by atoms with E-state index in [1.807, 2.05) is 0 Å². The maximum Gasteiger partial charge on any atom is 0.331 e. The molecule has 1 heterocycles. The quantitative estimate of drug-likeness (QED) is 0.511. The molecule has 1 atom stereocenters. The number of benzene rings is 1. The first-order valence-electron chi connectivity index (χ1n) is 7.04. The number of carboxylic acids is 1. The zero-order valence-corrected chi connectivity index (χ0v) is 13.4. The van der Waals surface area contributed by atoms with E-state index < -0.39 is 27.9 Å². The average molecular weight is 349 g/mol. The van der Waals surface area contributed by atoms with Gasteiger partial charge in [0, 0.05) is 36.2 Å². The Hall–Kier alpha value is -3.27. The van der Waals surface area contributed by atoms with Gasteiger partial charge in [0.1, 0.15) is 0 Å². The number of fused-ring (bicyclic) bond motifs is 1. The van der Waals surface area contributed by atoms with Crippen molar-refractivity contribution in [3.8, 4) is 0 Å². The number of aromatic amines is 1. The summed E-state index contributed by atoms with van der Waals surface area (Å²) in [6.07, 6.45) is 0. The number of aromatic nitrogens is 1. The maximum absolute atomic E-state index is 12.5. The minimum Gasteiger partial charge on any atom is -0.479 e. The SMILES string of the molecule is COCC(C)(NC(=O)c1cc(=O)[nH]c2ccc([N+](=O)[O-])cc12)C(=O)O. The standard InChI is InChI=1S/C15H15N3O7/c1-15(7-25-2,14(21)22)17-13(20)10-6-12(19)16-11-4-3-8(18(23)24)5-9(10)11/h3-6H,7H2,1-2H3,(H,16,19)(H,17,20)(H,21,22). The van der Waals surface area contributed by atoms with Crippen LogP contribution < -0.4 is 10.9 Å². The van der Waals surface area contributed by atoms with Gasteiger partial charge in [-0.2, -0.15) is 0 Å². The summed E-state index contributed by atoms with van der Waals surface area (Å²) >= 11 is 0. The molecule has 132 valence electrons. The van der Waals surface area contributed by atoms with Gasteiger partial charge in [0.15, 0.2) is 5.54 Å². The summed E-state index contributed by atoms with van der Waals surface area (Å²) in [5.41, 5.74) is -2.57. The average Bonchev–Trinajstić information content (AvgIpc) is 2.53. The van der Waals surface area contributed by atoms with Gasteiger partial charge >= 0.3 is 5.97 Å². The molecule has 0 bridgehead atoms. The molecule has 0 saturated heterocycles. The summed E-state index contributed by atoms with van der Waals surface area (Å²) in [6.45, 7) is 0.934. The number of aliphatic carboxylic acids is 1. The Morgan fingerprint density at radius 2 is 2.08 bits per heavy atom. The molecule has 10 nitrogen and oxygen atoms in total. The number of nitro benzene ring substituents is 1. The fourth-order valence-electron chi connectivity index (χ4n) is 2.30. The number of hydrogen-bond donors (Lipinski definition) is 3. The number of amides is 1. The molecule has 0 aliphatic rings. The van der Waals surface area contributed by atoms with Gasteiger partial charge in [-0.15, -0.1) is 0 Å². The number of nitrogens with one attached hydrogen (secondary N) is 2. The number of carbonyl (C=O) groups excluding carboxylic acids is 1. The molecule has 0 radical (unpaired) electrons. The monoisotopic (exact) mass is 349 g/mol. The number of hydrogen-bond acceptors (Lipinski definition) is 6. The van der Waals surface area contributed by atoms with Crippen molar-refractivity contribution in [2.24, 2.45) is 0 Å². The molecular weight excluding hydrogens is 334 g/mol. The van der Waals surface area contributed by atoms with Crippen LogP contribution in [0.2, 0.25) is 0 Å². The number of H-pyrrole nitrogens is 1. The van der Waals surface area contributed by atoms with Crippen molar-refractivity contribution in [2.75, 3.05) is 13.7 Å². The molecule has 2 rings (SSSR count). The first kappa shape index (κ1) is 18.1. The summed E-state index contributed by atoms with van der Waals surface area (Å²) < 4.78 is 4.81. The number of nitrogens with zero attached hydrogens (tertiary/aromatic N) is 1. The van der Waals surface area contributed by atoms with Crippen LogP contribution in [-0.2, 0) is 9.53 Å². The molecule has 0 spiro atoms. The maximum atomic E-state index is 12.5. The Morgan fingerprint density at radius 3 is 2.64 bits per heavy atom. The van der Waals surface area contributed by atoms with Gasteiger partial charge in [-0.25, -0.2) is 4.79 Å². The lowest BCUT2D eigenvalue weighted by Gasteiger charge is -2.25. The van der Waals surface area contributed by atoms with Crippen LogP contribution >= 0.6 is 0 Å². The highest BCUT2D eigenvalue weighted by molar-refractivity contribution is 6.07. The lowest BCUT2D eigenvalue weighted by molar-refractivity contribution is -0.384. The highest BCUT2D eigenvalue weighted by Gasteiger charge is 2.35. The highest BCUT2D eigenvalue weighted by Crippen LogP contribution is 2.22. The van der Waals surface area contributed by atoms with E-state index in [1.54, 1.807) is 0 Å². The van der Waals surface area contributed by atoms with E-state index in [0.717, 1.165) is 12.1 Å². The van der Waals surface area contributed by atoms with E-state index in [1.165, 1.54) is 26.2 Å². The van der Waals surface area contributed by atoms with E-state index in [4.69, 9.17) is 4.74 Å². The van der Waals surface area contributed by atoms with Crippen LogP contribution in [0.25, 0.3) is 10.9 Å². The molecule has 2 aromatic rings. The summed E-state index contributed by atoms with van der Waals surface area (Å²) in [4.78, 5) is 48.4. The number of pyridine rings is 1. The summed E-state index contributed by atoms with van der Waals surface area (Å²) in [7, 11) is 1.28. The largest absolute Gasteiger partial charge is 0.479 e. The second-order valence-corrected chi connectivity index (χ2v) is 5.56. The van der Waals surface area contributed by atoms with E-state index >= 15 is 0 Å². The molecule has 0 aliphatic carbocycles. The fourth-order valence-corrected chi connectivity index (χ4v) is 2.30. The van der Waals surface area contributed by atoms with Crippen LogP contribution in [0, 0.1) is 10.1 Å². The Morgan fingerprint density at radius 1 is 1.40 bits per heavy atom. The van der Waals surface area contributed by atoms with Crippen molar-refractivity contribution < 1.29 is 24.4 Å². The van der Waals surface area contributed by atoms with Crippen molar-refractivity contribution >= 4 is 28.5 Å². The molecule has 10 heteroatoms. The molecule has 25 heavy (non-hydrogen) atoms. The van der Waals surface area contributed by atoms with E-state index in [0.29, 0.717) is 0 Å². The number of nitro groups is 1. The number of non-ortho nitro benzene ring substituents is 1. The van der Waals surface area contributed by atoms with Crippen molar-refractivity contribution in [3.05, 3.63) is 50.3 Å². The molecule has 0 fully saturated rings. The smallest absolute Gasteiger partial charge is 0.331 e. The number of rotatable bonds is 6. The Labute approximate surface area is 140 Å². The predicted octanol–water partition coefficient (Wildman–Crippen LogP) is 0.656. The van der Waals surface area contributed by atoms with Gasteiger partial charge in [-0.3, -0.25) is 19.7 Å². The van der Waals surface area contributed by atoms with Crippen molar-refractivity contribution in [1.29, 1.82) is 0 Å². The molecule has 1 aromatic carbocycles. The van der Waals surface area contributed by atoms with E-state index in [-0.39, 0.29) is 28.8 Å². The van der Waals surface area contributed by atoms with Crippen molar-refractivity contribution in [3.63, 3.8) is 0 Å². The predicted molar refractivity (Wildman–Crippen MR) is 86.6 cm³/mol. The Balaban J connectivity index is 2.56. The summed E-state index contributed by atoms with van der Waals surface area (Å²) in [5.74, 6) is -2.19. The second-order valence-electron chi connectivity index (χ2n) is 5.56. The number of ether oxygens (including phenoxy) is 1. The van der Waals surface area contributed by atoms with Gasteiger partial charge < -0.3 is 20.1 Å². The third kappa shape index (κ3) is 3.63. The number of methoxy groups -OCH3 is 1. The lowest BCUT2D eigenvalue weighted by atomic mass is 10.0. The van der Waals surface area contributed by atoms with Gasteiger partial charge in [0.2, 0.25) is 5.56 Å². The van der Waals surface area contributed by atoms with Crippen LogP contribution in [0.15, 0.2) is 29.1 Å². The van der Waals surface area contributed by atoms with Gasteiger partial charge in [-0.1, -0.05) is 0 Å². The third-order valence-corrected chi connectivity index (χ3v) is 3.58. The minimum absolute atomic E-state index is 0.122. The number of carboxylic acid groups (broad SMARTS) is 1. The van der Waals surface area contributed by atoms with E-state index in [2.05, 4.69) is 10.3 Å². The molecule has 0 saturated carbocycles. The van der Waals surface area contributed by atoms with Gasteiger partial charge in [0.05, 0.1) is 17.1 Å². The first-order chi connectivity index (χ1) is 11.7. The molecule has 1 aromatic heterocycles. The second kappa shape index (κ2) is 6.69. The molecular formula is C15H15N3O7. The summed E-state index contributed by atoms with van der Waals surface area (Å²) in [6, 6.07) is 4.58. The van der Waals surface area contributed by atoms with Crippen LogP contribution in [0.1, 0.15) is 17.3 Å². The first-order valence-corrected chi connectivity index (χ1v) is 7.04. The van der Waals surface area contributed by atoms with Gasteiger partial charge in [-0.05, 0) is 13.0 Å². The molecule has 1 amide bonds. The van der Waals surface area contributed by atoms with Gasteiger partial charge in [0.25, 0.3) is 11.6 Å². The topological polar surface area (TPSA) is 152 Å². The van der Waals surface area contributed by atoms with E-state index in [9.17, 15) is 29.6 Å². The normalized spacial score (nSPS) is 13.2. The third-order valence-electron chi connectivity index (χ3n) is 3.58. The van der Waals surface area contributed by atoms with Crippen LogP contribution in [0.5, 0.6) is 0 Å². The van der Waals surface area contributed by atoms with Crippen molar-refractivity contribution in [1.82, 2.24) is 10.3 Å². The van der Waals surface area contributed by atoms with Crippen molar-refractivity contribution in [2.45, 2.75) is 12.5 Å². The highest BCUT2D eigenvalue weighted by atomic mass is 16.6. The molecule has 3 N–H and O–H groups in total. The zero-order valence-electron chi connectivity index (χ0n) is 13.4. The summed E-state index contributed by atoms with van der Waals surface area (Å²) in [5, 5.41) is 22.6. The fraction of sp³-hybridized carbons (Fsp3) is 0.267. The minimum atomic E-state index is -1.73. The zero-order chi connectivity index (χ0) is 18.8. The Kier molecular flexibility index (Phi) is 4.84. The number of carbonyl (C=O) groups is 2. The molecule has 0 aliphatic heterocycles. The Bertz CT molecular complexity index is 921.